The maximum absolute atomic E-state index is 12.6. The van der Waals surface area contributed by atoms with Crippen molar-refractivity contribution in [3.63, 3.8) is 0 Å². The van der Waals surface area contributed by atoms with Gasteiger partial charge < -0.3 is 4.90 Å². The molecular weight excluding hydrogens is 318 g/mol. The molecule has 1 aliphatic heterocycles. The molecule has 0 saturated carbocycles. The van der Waals surface area contributed by atoms with E-state index in [2.05, 4.69) is 50.1 Å². The number of hydrogen-bond donors (Lipinski definition) is 0. The van der Waals surface area contributed by atoms with Gasteiger partial charge in [-0.05, 0) is 45.2 Å². The van der Waals surface area contributed by atoms with Gasteiger partial charge in [0.05, 0.1) is 11.8 Å². The molecule has 5 heteroatoms. The molecule has 0 unspecified atom stereocenters. The van der Waals surface area contributed by atoms with Crippen molar-refractivity contribution in [1.82, 2.24) is 14.7 Å². The van der Waals surface area contributed by atoms with Gasteiger partial charge in [-0.25, -0.2) is 0 Å². The first kappa shape index (κ1) is 17.1. The summed E-state index contributed by atoms with van der Waals surface area (Å²) in [5, 5.41) is 4.87. The van der Waals surface area contributed by atoms with Crippen molar-refractivity contribution in [1.29, 1.82) is 0 Å². The van der Waals surface area contributed by atoms with Gasteiger partial charge in [0.2, 0.25) is 0 Å². The molecule has 0 spiro atoms. The lowest BCUT2D eigenvalue weighted by atomic mass is 10.1. The van der Waals surface area contributed by atoms with Crippen molar-refractivity contribution in [2.45, 2.75) is 49.8 Å². The minimum absolute atomic E-state index is 0.112. The van der Waals surface area contributed by atoms with Gasteiger partial charge in [0.1, 0.15) is 0 Å². The van der Waals surface area contributed by atoms with Gasteiger partial charge in [-0.2, -0.15) is 5.10 Å². The molecule has 2 heterocycles. The number of aromatic nitrogens is 2. The predicted octanol–water partition coefficient (Wildman–Crippen LogP) is 4.17. The molecule has 1 fully saturated rings. The molecule has 3 rings (SSSR count). The number of likely N-dealkylation sites (tertiary alicyclic amines) is 1. The van der Waals surface area contributed by atoms with Crippen LogP contribution in [0.3, 0.4) is 0 Å². The molecule has 2 aromatic rings. The summed E-state index contributed by atoms with van der Waals surface area (Å²) < 4.78 is 1.84. The number of hydrogen-bond acceptors (Lipinski definition) is 3. The van der Waals surface area contributed by atoms with Crippen molar-refractivity contribution in [3.05, 3.63) is 47.8 Å². The fourth-order valence-corrected chi connectivity index (χ4v) is 4.18. The lowest BCUT2D eigenvalue weighted by molar-refractivity contribution is 0.0727. The Bertz CT molecular complexity index is 702. The van der Waals surface area contributed by atoms with E-state index in [1.54, 1.807) is 6.20 Å². The number of nitrogens with zero attached hydrogens (tertiary/aromatic N) is 3. The zero-order valence-electron chi connectivity index (χ0n) is 14.6. The third kappa shape index (κ3) is 3.83. The summed E-state index contributed by atoms with van der Waals surface area (Å²) in [6.45, 7) is 7.95. The van der Waals surface area contributed by atoms with Gasteiger partial charge in [-0.1, -0.05) is 18.2 Å². The highest BCUT2D eigenvalue weighted by Gasteiger charge is 2.25. The molecule has 0 N–H and O–H groups in total. The van der Waals surface area contributed by atoms with Crippen LogP contribution in [0.4, 0.5) is 0 Å². The predicted molar refractivity (Wildman–Crippen MR) is 98.6 cm³/mol. The highest BCUT2D eigenvalue weighted by molar-refractivity contribution is 8.00. The van der Waals surface area contributed by atoms with Crippen molar-refractivity contribution in [3.8, 4) is 0 Å². The number of carbonyl (C=O) groups is 1. The summed E-state index contributed by atoms with van der Waals surface area (Å²) in [4.78, 5) is 16.0. The van der Waals surface area contributed by atoms with Crippen LogP contribution in [0.2, 0.25) is 0 Å². The summed E-state index contributed by atoms with van der Waals surface area (Å²) in [6.07, 6.45) is 5.64. The Kier molecular flexibility index (Phi) is 5.29. The van der Waals surface area contributed by atoms with E-state index in [4.69, 9.17) is 0 Å². The summed E-state index contributed by atoms with van der Waals surface area (Å²) in [7, 11) is 0. The van der Waals surface area contributed by atoms with Gasteiger partial charge in [0, 0.05) is 35.5 Å². The number of amides is 1. The second-order valence-electron chi connectivity index (χ2n) is 6.68. The minimum atomic E-state index is 0.112. The van der Waals surface area contributed by atoms with Crippen LogP contribution < -0.4 is 0 Å². The minimum Gasteiger partial charge on any atom is -0.338 e. The van der Waals surface area contributed by atoms with Crippen LogP contribution in [0.1, 0.15) is 48.7 Å². The Hall–Kier alpha value is -1.75. The zero-order chi connectivity index (χ0) is 17.1. The van der Waals surface area contributed by atoms with E-state index in [9.17, 15) is 4.79 Å². The van der Waals surface area contributed by atoms with Crippen LogP contribution in [0.25, 0.3) is 0 Å². The van der Waals surface area contributed by atoms with Gasteiger partial charge in [-0.15, -0.1) is 11.8 Å². The first-order valence-electron chi connectivity index (χ1n) is 8.60. The van der Waals surface area contributed by atoms with Crippen LogP contribution in [0.15, 0.2) is 41.6 Å². The topological polar surface area (TPSA) is 38.1 Å². The van der Waals surface area contributed by atoms with E-state index < -0.39 is 0 Å². The standard InChI is InChI=1S/C19H25N3OS/c1-14(2)22-13-16(12-20-22)19(23)21-10-8-17(9-11-21)24-18-7-5-4-6-15(18)3/h4-7,12-14,17H,8-11H2,1-3H3. The number of rotatable bonds is 4. The second kappa shape index (κ2) is 7.43. The van der Waals surface area contributed by atoms with Crippen LogP contribution in [-0.2, 0) is 0 Å². The van der Waals surface area contributed by atoms with Crippen molar-refractivity contribution >= 4 is 17.7 Å². The molecule has 4 nitrogen and oxygen atoms in total. The number of carbonyl (C=O) groups excluding carboxylic acids is 1. The van der Waals surface area contributed by atoms with Gasteiger partial charge >= 0.3 is 0 Å². The van der Waals surface area contributed by atoms with E-state index in [-0.39, 0.29) is 11.9 Å². The quantitative estimate of drug-likeness (QED) is 0.836. The fraction of sp³-hybridized carbons (Fsp3) is 0.474. The molecule has 1 aromatic heterocycles. The summed E-state index contributed by atoms with van der Waals surface area (Å²) in [5.74, 6) is 0.112. The van der Waals surface area contributed by atoms with Crippen LogP contribution in [0, 0.1) is 6.92 Å². The maximum Gasteiger partial charge on any atom is 0.257 e. The van der Waals surface area contributed by atoms with Crippen LogP contribution >= 0.6 is 11.8 Å². The Balaban J connectivity index is 1.56. The van der Waals surface area contributed by atoms with Crippen molar-refractivity contribution in [2.75, 3.05) is 13.1 Å². The highest BCUT2D eigenvalue weighted by Crippen LogP contribution is 2.32. The average Bonchev–Trinajstić information content (AvgIpc) is 3.07. The van der Waals surface area contributed by atoms with Gasteiger partial charge in [-0.3, -0.25) is 9.48 Å². The zero-order valence-corrected chi connectivity index (χ0v) is 15.4. The molecule has 0 atom stereocenters. The Morgan fingerprint density at radius 3 is 2.58 bits per heavy atom. The third-order valence-electron chi connectivity index (χ3n) is 4.49. The molecule has 0 bridgehead atoms. The largest absolute Gasteiger partial charge is 0.338 e. The van der Waals surface area contributed by atoms with Crippen molar-refractivity contribution in [2.24, 2.45) is 0 Å². The SMILES string of the molecule is Cc1ccccc1SC1CCN(C(=O)c2cnn(C(C)C)c2)CC1. The lowest BCUT2D eigenvalue weighted by Crippen LogP contribution is -2.39. The van der Waals surface area contributed by atoms with Gasteiger partial charge in [0.15, 0.2) is 0 Å². The molecule has 1 aromatic carbocycles. The van der Waals surface area contributed by atoms with E-state index in [1.807, 2.05) is 27.5 Å². The highest BCUT2D eigenvalue weighted by atomic mass is 32.2. The number of thioether (sulfide) groups is 1. The molecule has 1 amide bonds. The number of aryl methyl sites for hydroxylation is 1. The lowest BCUT2D eigenvalue weighted by Gasteiger charge is -2.31. The molecule has 1 saturated heterocycles. The third-order valence-corrected chi connectivity index (χ3v) is 6.01. The van der Waals surface area contributed by atoms with E-state index in [0.29, 0.717) is 10.8 Å². The molecule has 128 valence electrons. The van der Waals surface area contributed by atoms with Crippen LogP contribution in [-0.4, -0.2) is 38.9 Å². The first-order chi connectivity index (χ1) is 11.5. The number of benzene rings is 1. The number of piperidine rings is 1. The first-order valence-corrected chi connectivity index (χ1v) is 9.48. The van der Waals surface area contributed by atoms with E-state index in [0.717, 1.165) is 25.9 Å². The van der Waals surface area contributed by atoms with Crippen LogP contribution in [0.5, 0.6) is 0 Å². The molecular formula is C19H25N3OS. The van der Waals surface area contributed by atoms with E-state index in [1.165, 1.54) is 10.5 Å². The molecule has 0 radical (unpaired) electrons. The smallest absolute Gasteiger partial charge is 0.257 e. The van der Waals surface area contributed by atoms with E-state index >= 15 is 0 Å². The summed E-state index contributed by atoms with van der Waals surface area (Å²) in [6, 6.07) is 8.81. The molecule has 24 heavy (non-hydrogen) atoms. The molecule has 1 aliphatic rings. The second-order valence-corrected chi connectivity index (χ2v) is 8.02. The normalized spacial score (nSPS) is 15.9. The fourth-order valence-electron chi connectivity index (χ4n) is 2.96. The Morgan fingerprint density at radius 2 is 1.96 bits per heavy atom. The summed E-state index contributed by atoms with van der Waals surface area (Å²) >= 11 is 1.95. The Labute approximate surface area is 148 Å². The Morgan fingerprint density at radius 1 is 1.25 bits per heavy atom. The summed E-state index contributed by atoms with van der Waals surface area (Å²) in [5.41, 5.74) is 2.04. The molecule has 0 aliphatic carbocycles. The van der Waals surface area contributed by atoms with Crippen molar-refractivity contribution < 1.29 is 4.79 Å². The maximum atomic E-state index is 12.6. The monoisotopic (exact) mass is 343 g/mol. The average molecular weight is 343 g/mol. The van der Waals surface area contributed by atoms with Gasteiger partial charge in [0.25, 0.3) is 5.91 Å².